The number of hydrogen-bond acceptors (Lipinski definition) is 2. The summed E-state index contributed by atoms with van der Waals surface area (Å²) in [6.07, 6.45) is 1.04. The van der Waals surface area contributed by atoms with Gasteiger partial charge in [-0.15, -0.1) is 0 Å². The Balaban J connectivity index is 2.56. The third kappa shape index (κ3) is 3.79. The van der Waals surface area contributed by atoms with Crippen LogP contribution in [0.15, 0.2) is 24.3 Å². The zero-order valence-electron chi connectivity index (χ0n) is 7.46. The number of benzene rings is 1. The van der Waals surface area contributed by atoms with Gasteiger partial charge in [-0.2, -0.15) is 0 Å². The topological polar surface area (TPSA) is 32.3 Å². The number of anilines is 1. The quantitative estimate of drug-likeness (QED) is 0.777. The highest BCUT2D eigenvalue weighted by Crippen LogP contribution is 2.11. The van der Waals surface area contributed by atoms with E-state index in [-0.39, 0.29) is 6.61 Å². The highest BCUT2D eigenvalue weighted by molar-refractivity contribution is 9.09. The molecule has 2 N–H and O–H groups in total. The smallest absolute Gasteiger partial charge is 0.0604 e. The molecule has 0 atom stereocenters. The fourth-order valence-electron chi connectivity index (χ4n) is 1.15. The summed E-state index contributed by atoms with van der Waals surface area (Å²) >= 11 is 3.40. The molecular formula is C10H14BrNO. The summed E-state index contributed by atoms with van der Waals surface area (Å²) < 4.78 is 0. The molecule has 1 rings (SSSR count). The van der Waals surface area contributed by atoms with E-state index in [1.54, 1.807) is 0 Å². The van der Waals surface area contributed by atoms with Crippen LogP contribution in [0.4, 0.5) is 5.69 Å². The molecule has 0 unspecified atom stereocenters. The van der Waals surface area contributed by atoms with Crippen molar-refractivity contribution in [2.24, 2.45) is 0 Å². The molecule has 0 aliphatic heterocycles. The average molecular weight is 244 g/mol. The highest BCUT2D eigenvalue weighted by Gasteiger charge is 1.94. The molecule has 72 valence electrons. The molecule has 1 aromatic carbocycles. The molecule has 0 saturated heterocycles. The van der Waals surface area contributed by atoms with Crippen LogP contribution in [0.1, 0.15) is 5.56 Å². The minimum Gasteiger partial charge on any atom is -0.395 e. The van der Waals surface area contributed by atoms with Crippen molar-refractivity contribution >= 4 is 21.6 Å². The first-order valence-electron chi connectivity index (χ1n) is 4.36. The molecule has 0 amide bonds. The zero-order valence-corrected chi connectivity index (χ0v) is 9.05. The van der Waals surface area contributed by atoms with E-state index in [4.69, 9.17) is 5.11 Å². The van der Waals surface area contributed by atoms with Crippen molar-refractivity contribution in [2.75, 3.05) is 23.8 Å². The lowest BCUT2D eigenvalue weighted by Crippen LogP contribution is -2.05. The number of halogens is 1. The molecular weight excluding hydrogens is 230 g/mol. The summed E-state index contributed by atoms with van der Waals surface area (Å²) in [7, 11) is 0. The average Bonchev–Trinajstić information content (AvgIpc) is 2.16. The summed E-state index contributed by atoms with van der Waals surface area (Å²) in [6.45, 7) is 0.778. The van der Waals surface area contributed by atoms with Crippen molar-refractivity contribution in [3.63, 3.8) is 0 Å². The van der Waals surface area contributed by atoms with Gasteiger partial charge in [-0.1, -0.05) is 28.1 Å². The van der Waals surface area contributed by atoms with Crippen LogP contribution in [0.25, 0.3) is 0 Å². The second-order valence-electron chi connectivity index (χ2n) is 2.79. The molecule has 1 aromatic rings. The van der Waals surface area contributed by atoms with Crippen LogP contribution in [-0.2, 0) is 6.42 Å². The molecule has 0 spiro atoms. The number of aliphatic hydroxyl groups is 1. The predicted octanol–water partition coefficient (Wildman–Crippen LogP) is 2.03. The third-order valence-electron chi connectivity index (χ3n) is 1.75. The summed E-state index contributed by atoms with van der Waals surface area (Å²) in [5.41, 5.74) is 2.38. The molecule has 0 fully saturated rings. The zero-order chi connectivity index (χ0) is 9.52. The molecule has 0 aromatic heterocycles. The fraction of sp³-hybridized carbons (Fsp3) is 0.400. The van der Waals surface area contributed by atoms with E-state index in [1.165, 1.54) is 5.56 Å². The SMILES string of the molecule is OCCNc1cccc(CCBr)c1. The van der Waals surface area contributed by atoms with Crippen molar-refractivity contribution in [3.05, 3.63) is 29.8 Å². The molecule has 0 saturated carbocycles. The van der Waals surface area contributed by atoms with Crippen molar-refractivity contribution in [1.29, 1.82) is 0 Å². The van der Waals surface area contributed by atoms with E-state index in [0.29, 0.717) is 6.54 Å². The van der Waals surface area contributed by atoms with Crippen LogP contribution >= 0.6 is 15.9 Å². The first kappa shape index (κ1) is 10.5. The van der Waals surface area contributed by atoms with Gasteiger partial charge < -0.3 is 10.4 Å². The maximum absolute atomic E-state index is 8.63. The lowest BCUT2D eigenvalue weighted by atomic mass is 10.1. The van der Waals surface area contributed by atoms with Crippen LogP contribution in [0, 0.1) is 0 Å². The standard InChI is InChI=1S/C10H14BrNO/c11-5-4-9-2-1-3-10(8-9)12-6-7-13/h1-3,8,12-13H,4-7H2. The van der Waals surface area contributed by atoms with E-state index in [1.807, 2.05) is 12.1 Å². The second-order valence-corrected chi connectivity index (χ2v) is 3.58. The van der Waals surface area contributed by atoms with Crippen LogP contribution in [0.3, 0.4) is 0 Å². The van der Waals surface area contributed by atoms with E-state index in [9.17, 15) is 0 Å². The summed E-state index contributed by atoms with van der Waals surface area (Å²) in [5, 5.41) is 12.7. The van der Waals surface area contributed by atoms with Gasteiger partial charge in [0, 0.05) is 17.6 Å². The van der Waals surface area contributed by atoms with Crippen molar-refractivity contribution in [2.45, 2.75) is 6.42 Å². The van der Waals surface area contributed by atoms with Gasteiger partial charge in [0.2, 0.25) is 0 Å². The highest BCUT2D eigenvalue weighted by atomic mass is 79.9. The number of rotatable bonds is 5. The van der Waals surface area contributed by atoms with E-state index < -0.39 is 0 Å². The monoisotopic (exact) mass is 243 g/mol. The van der Waals surface area contributed by atoms with Gasteiger partial charge in [-0.3, -0.25) is 0 Å². The second kappa shape index (κ2) is 6.00. The summed E-state index contributed by atoms with van der Waals surface area (Å²) in [6, 6.07) is 8.24. The maximum Gasteiger partial charge on any atom is 0.0604 e. The number of aliphatic hydroxyl groups excluding tert-OH is 1. The number of nitrogens with one attached hydrogen (secondary N) is 1. The predicted molar refractivity (Wildman–Crippen MR) is 59.5 cm³/mol. The summed E-state index contributed by atoms with van der Waals surface area (Å²) in [4.78, 5) is 0. The molecule has 0 aliphatic carbocycles. The van der Waals surface area contributed by atoms with Crippen molar-refractivity contribution < 1.29 is 5.11 Å². The molecule has 2 nitrogen and oxygen atoms in total. The Hall–Kier alpha value is -0.540. The molecule has 3 heteroatoms. The lowest BCUT2D eigenvalue weighted by Gasteiger charge is -2.05. The van der Waals surface area contributed by atoms with E-state index in [2.05, 4.69) is 33.4 Å². The maximum atomic E-state index is 8.63. The Morgan fingerprint density at radius 3 is 2.92 bits per heavy atom. The van der Waals surface area contributed by atoms with Crippen LogP contribution in [0.2, 0.25) is 0 Å². The van der Waals surface area contributed by atoms with Crippen LogP contribution in [-0.4, -0.2) is 23.6 Å². The molecule has 0 radical (unpaired) electrons. The first-order chi connectivity index (χ1) is 6.36. The van der Waals surface area contributed by atoms with Gasteiger partial charge in [0.1, 0.15) is 0 Å². The molecule has 0 heterocycles. The van der Waals surface area contributed by atoms with Crippen LogP contribution in [0.5, 0.6) is 0 Å². The van der Waals surface area contributed by atoms with Crippen LogP contribution < -0.4 is 5.32 Å². The minimum atomic E-state index is 0.169. The van der Waals surface area contributed by atoms with Gasteiger partial charge in [0.25, 0.3) is 0 Å². The molecule has 0 aliphatic rings. The largest absolute Gasteiger partial charge is 0.395 e. The van der Waals surface area contributed by atoms with Gasteiger partial charge in [-0.05, 0) is 24.1 Å². The van der Waals surface area contributed by atoms with Gasteiger partial charge in [0.05, 0.1) is 6.61 Å². The van der Waals surface area contributed by atoms with E-state index >= 15 is 0 Å². The van der Waals surface area contributed by atoms with Gasteiger partial charge in [0.15, 0.2) is 0 Å². The fourth-order valence-corrected chi connectivity index (χ4v) is 1.60. The lowest BCUT2D eigenvalue weighted by molar-refractivity contribution is 0.311. The molecule has 0 bridgehead atoms. The Kier molecular flexibility index (Phi) is 4.86. The Morgan fingerprint density at radius 1 is 1.38 bits per heavy atom. The number of hydrogen-bond donors (Lipinski definition) is 2. The molecule has 13 heavy (non-hydrogen) atoms. The minimum absolute atomic E-state index is 0.169. The number of alkyl halides is 1. The van der Waals surface area contributed by atoms with Crippen molar-refractivity contribution in [3.8, 4) is 0 Å². The van der Waals surface area contributed by atoms with E-state index in [0.717, 1.165) is 17.4 Å². The van der Waals surface area contributed by atoms with Gasteiger partial charge in [-0.25, -0.2) is 0 Å². The van der Waals surface area contributed by atoms with Gasteiger partial charge >= 0.3 is 0 Å². The Labute approximate surface area is 87.1 Å². The normalized spacial score (nSPS) is 10.0. The first-order valence-corrected chi connectivity index (χ1v) is 5.48. The Bertz CT molecular complexity index is 252. The Morgan fingerprint density at radius 2 is 2.23 bits per heavy atom. The summed E-state index contributed by atoms with van der Waals surface area (Å²) in [5.74, 6) is 0. The van der Waals surface area contributed by atoms with Crippen molar-refractivity contribution in [1.82, 2.24) is 0 Å². The number of aryl methyl sites for hydroxylation is 1. The third-order valence-corrected chi connectivity index (χ3v) is 2.15.